The van der Waals surface area contributed by atoms with Crippen molar-refractivity contribution in [3.8, 4) is 5.69 Å². The predicted molar refractivity (Wildman–Crippen MR) is 86.7 cm³/mol. The zero-order valence-electron chi connectivity index (χ0n) is 12.7. The van der Waals surface area contributed by atoms with E-state index in [-0.39, 0.29) is 24.4 Å². The fourth-order valence-corrected chi connectivity index (χ4v) is 2.55. The third-order valence-corrected chi connectivity index (χ3v) is 3.74. The molecule has 0 saturated carbocycles. The van der Waals surface area contributed by atoms with E-state index in [1.807, 2.05) is 43.0 Å². The molecule has 22 heavy (non-hydrogen) atoms. The zero-order chi connectivity index (χ0) is 14.8. The van der Waals surface area contributed by atoms with E-state index in [2.05, 4.69) is 15.6 Å². The maximum Gasteiger partial charge on any atom is 0.276 e. The van der Waals surface area contributed by atoms with Gasteiger partial charge in [-0.3, -0.25) is 4.79 Å². The number of carbonyl (C=O) groups excluding carboxylic acids is 1. The molecule has 118 valence electrons. The molecule has 1 aromatic heterocycles. The van der Waals surface area contributed by atoms with Gasteiger partial charge in [-0.2, -0.15) is 0 Å². The highest BCUT2D eigenvalue weighted by Crippen LogP contribution is 2.12. The van der Waals surface area contributed by atoms with Crippen LogP contribution < -0.4 is 5.32 Å². The first-order valence-electron chi connectivity index (χ1n) is 7.16. The summed E-state index contributed by atoms with van der Waals surface area (Å²) in [5.41, 5.74) is 2.45. The van der Waals surface area contributed by atoms with Crippen LogP contribution >= 0.6 is 12.4 Å². The topological polar surface area (TPSA) is 63.1 Å². The Hall–Kier alpha value is -1.92. The quantitative estimate of drug-likeness (QED) is 0.909. The number of carbonyl (C=O) groups is 1. The molecule has 1 fully saturated rings. The number of hydrogen-bond donors (Lipinski definition) is 1. The van der Waals surface area contributed by atoms with Crippen molar-refractivity contribution in [3.63, 3.8) is 0 Å². The number of aryl methyl sites for hydroxylation is 1. The molecule has 0 bridgehead atoms. The van der Waals surface area contributed by atoms with Crippen molar-refractivity contribution in [3.05, 3.63) is 41.7 Å². The molecule has 3 rings (SSSR count). The van der Waals surface area contributed by atoms with Gasteiger partial charge in [0.2, 0.25) is 0 Å². The summed E-state index contributed by atoms with van der Waals surface area (Å²) in [5.74, 6) is -0.0529. The van der Waals surface area contributed by atoms with Crippen molar-refractivity contribution < 1.29 is 4.79 Å². The molecule has 1 aliphatic rings. The second-order valence-corrected chi connectivity index (χ2v) is 5.44. The third-order valence-electron chi connectivity index (χ3n) is 3.74. The summed E-state index contributed by atoms with van der Waals surface area (Å²) in [7, 11) is 0. The molecule has 1 N–H and O–H groups in total. The standard InChI is InChI=1S/C15H19N5O.ClH/c1-11-4-3-5-13(8-11)20-10-14(17-18-20)15(21)19-7-6-16-9-12(19)2;/h3-5,8,10,12,16H,6-7,9H2,1-2H3;1H/t12-;/m0./s1. The summed E-state index contributed by atoms with van der Waals surface area (Å²) in [5, 5.41) is 11.4. The molecule has 2 heterocycles. The number of piperazine rings is 1. The average molecular weight is 322 g/mol. The van der Waals surface area contributed by atoms with E-state index >= 15 is 0 Å². The van der Waals surface area contributed by atoms with Crippen molar-refractivity contribution in [2.24, 2.45) is 0 Å². The van der Waals surface area contributed by atoms with Crippen molar-refractivity contribution in [2.75, 3.05) is 19.6 Å². The van der Waals surface area contributed by atoms with Gasteiger partial charge in [0, 0.05) is 25.7 Å². The number of nitrogens with one attached hydrogen (secondary N) is 1. The van der Waals surface area contributed by atoms with Gasteiger partial charge in [0.15, 0.2) is 5.69 Å². The van der Waals surface area contributed by atoms with E-state index in [1.165, 1.54) is 0 Å². The highest BCUT2D eigenvalue weighted by molar-refractivity contribution is 5.92. The van der Waals surface area contributed by atoms with Crippen LogP contribution in [0, 0.1) is 6.92 Å². The van der Waals surface area contributed by atoms with Crippen LogP contribution in [-0.4, -0.2) is 51.5 Å². The smallest absolute Gasteiger partial charge is 0.276 e. The van der Waals surface area contributed by atoms with Gasteiger partial charge in [0.1, 0.15) is 0 Å². The lowest BCUT2D eigenvalue weighted by Crippen LogP contribution is -2.52. The Kier molecular flexibility index (Phi) is 5.15. The Morgan fingerprint density at radius 2 is 2.23 bits per heavy atom. The van der Waals surface area contributed by atoms with E-state index in [4.69, 9.17) is 0 Å². The number of hydrogen-bond acceptors (Lipinski definition) is 4. The molecule has 1 saturated heterocycles. The second-order valence-electron chi connectivity index (χ2n) is 5.44. The normalized spacial score (nSPS) is 17.9. The van der Waals surface area contributed by atoms with Gasteiger partial charge in [-0.05, 0) is 31.5 Å². The molecule has 1 amide bonds. The first kappa shape index (κ1) is 16.5. The highest BCUT2D eigenvalue weighted by Gasteiger charge is 2.26. The largest absolute Gasteiger partial charge is 0.332 e. The number of halogens is 1. The lowest BCUT2D eigenvalue weighted by atomic mass is 10.2. The molecule has 0 spiro atoms. The van der Waals surface area contributed by atoms with E-state index in [1.54, 1.807) is 10.9 Å². The molecule has 1 atom stereocenters. The lowest BCUT2D eigenvalue weighted by molar-refractivity contribution is 0.0649. The third kappa shape index (κ3) is 3.28. The number of aromatic nitrogens is 3. The molecule has 0 radical (unpaired) electrons. The molecule has 0 aliphatic carbocycles. The van der Waals surface area contributed by atoms with Crippen LogP contribution in [0.1, 0.15) is 23.0 Å². The van der Waals surface area contributed by atoms with Crippen LogP contribution in [-0.2, 0) is 0 Å². The van der Waals surface area contributed by atoms with Crippen LogP contribution in [0.4, 0.5) is 0 Å². The van der Waals surface area contributed by atoms with Gasteiger partial charge >= 0.3 is 0 Å². The van der Waals surface area contributed by atoms with Gasteiger partial charge < -0.3 is 10.2 Å². The van der Waals surface area contributed by atoms with E-state index < -0.39 is 0 Å². The average Bonchev–Trinajstić information content (AvgIpc) is 2.97. The fourth-order valence-electron chi connectivity index (χ4n) is 2.55. The Balaban J connectivity index is 0.00000176. The summed E-state index contributed by atoms with van der Waals surface area (Å²) in [4.78, 5) is 14.4. The van der Waals surface area contributed by atoms with Gasteiger partial charge in [-0.25, -0.2) is 4.68 Å². The maximum absolute atomic E-state index is 12.5. The van der Waals surface area contributed by atoms with Crippen molar-refractivity contribution in [1.82, 2.24) is 25.2 Å². The first-order chi connectivity index (χ1) is 10.1. The Morgan fingerprint density at radius 3 is 2.95 bits per heavy atom. The molecule has 0 unspecified atom stereocenters. The molecule has 7 heteroatoms. The number of benzene rings is 1. The van der Waals surface area contributed by atoms with Crippen molar-refractivity contribution in [1.29, 1.82) is 0 Å². The van der Waals surface area contributed by atoms with Gasteiger partial charge in [0.25, 0.3) is 5.91 Å². The second kappa shape index (κ2) is 6.89. The maximum atomic E-state index is 12.5. The molecular weight excluding hydrogens is 302 g/mol. The lowest BCUT2D eigenvalue weighted by Gasteiger charge is -2.33. The minimum Gasteiger partial charge on any atom is -0.332 e. The van der Waals surface area contributed by atoms with Gasteiger partial charge in [-0.15, -0.1) is 17.5 Å². The summed E-state index contributed by atoms with van der Waals surface area (Å²) < 4.78 is 1.65. The van der Waals surface area contributed by atoms with Gasteiger partial charge in [-0.1, -0.05) is 17.3 Å². The van der Waals surface area contributed by atoms with Crippen molar-refractivity contribution >= 4 is 18.3 Å². The van der Waals surface area contributed by atoms with Crippen LogP contribution in [0.3, 0.4) is 0 Å². The molecule has 1 aliphatic heterocycles. The minimum absolute atomic E-state index is 0. The van der Waals surface area contributed by atoms with Crippen LogP contribution in [0.5, 0.6) is 0 Å². The number of rotatable bonds is 2. The highest BCUT2D eigenvalue weighted by atomic mass is 35.5. The fraction of sp³-hybridized carbons (Fsp3) is 0.400. The van der Waals surface area contributed by atoms with E-state index in [0.717, 1.165) is 24.3 Å². The van der Waals surface area contributed by atoms with Gasteiger partial charge in [0.05, 0.1) is 11.9 Å². The monoisotopic (exact) mass is 321 g/mol. The first-order valence-corrected chi connectivity index (χ1v) is 7.16. The zero-order valence-corrected chi connectivity index (χ0v) is 13.5. The Labute approximate surface area is 135 Å². The summed E-state index contributed by atoms with van der Waals surface area (Å²) in [6.07, 6.45) is 1.70. The van der Waals surface area contributed by atoms with Crippen molar-refractivity contribution in [2.45, 2.75) is 19.9 Å². The summed E-state index contributed by atoms with van der Waals surface area (Å²) in [6.45, 7) is 6.40. The summed E-state index contributed by atoms with van der Waals surface area (Å²) >= 11 is 0. The molecule has 6 nitrogen and oxygen atoms in total. The van der Waals surface area contributed by atoms with Crippen LogP contribution in [0.15, 0.2) is 30.5 Å². The Morgan fingerprint density at radius 1 is 1.41 bits per heavy atom. The SMILES string of the molecule is Cc1cccc(-n2cc(C(=O)N3CCNC[C@@H]3C)nn2)c1.Cl. The minimum atomic E-state index is -0.0529. The number of amides is 1. The van der Waals surface area contributed by atoms with Crippen LogP contribution in [0.25, 0.3) is 5.69 Å². The molecule has 2 aromatic rings. The Bertz CT molecular complexity index is 657. The number of nitrogens with zero attached hydrogens (tertiary/aromatic N) is 4. The molecular formula is C15H20ClN5O. The van der Waals surface area contributed by atoms with E-state index in [9.17, 15) is 4.79 Å². The predicted octanol–water partition coefficient (Wildman–Crippen LogP) is 1.43. The summed E-state index contributed by atoms with van der Waals surface area (Å²) in [6, 6.07) is 8.12. The van der Waals surface area contributed by atoms with E-state index in [0.29, 0.717) is 12.2 Å². The van der Waals surface area contributed by atoms with Crippen LogP contribution in [0.2, 0.25) is 0 Å². The molecule has 1 aromatic carbocycles.